The van der Waals surface area contributed by atoms with Gasteiger partial charge in [0.15, 0.2) is 0 Å². The molecule has 2 heterocycles. The molecular formula is C19H21NO2. The van der Waals surface area contributed by atoms with Crippen molar-refractivity contribution < 1.29 is 9.47 Å². The van der Waals surface area contributed by atoms with Crippen LogP contribution in [0.3, 0.4) is 0 Å². The van der Waals surface area contributed by atoms with Crippen LogP contribution in [0.15, 0.2) is 42.5 Å². The Labute approximate surface area is 131 Å². The van der Waals surface area contributed by atoms with E-state index in [1.54, 1.807) is 7.11 Å². The smallest absolute Gasteiger partial charge is 0.119 e. The molecule has 2 aliphatic heterocycles. The Kier molecular flexibility index (Phi) is 3.30. The number of ether oxygens (including phenoxy) is 2. The maximum absolute atomic E-state index is 6.08. The molecule has 3 nitrogen and oxygen atoms in total. The van der Waals surface area contributed by atoms with Crippen molar-refractivity contribution in [1.82, 2.24) is 0 Å². The molecule has 1 N–H and O–H groups in total. The molecule has 0 amide bonds. The molecule has 3 heteroatoms. The highest BCUT2D eigenvalue weighted by Gasteiger charge is 2.41. The van der Waals surface area contributed by atoms with Crippen LogP contribution in [0.25, 0.3) is 0 Å². The van der Waals surface area contributed by atoms with Crippen LogP contribution in [0.2, 0.25) is 0 Å². The van der Waals surface area contributed by atoms with Gasteiger partial charge in [0.25, 0.3) is 0 Å². The van der Waals surface area contributed by atoms with E-state index in [4.69, 9.17) is 9.47 Å². The van der Waals surface area contributed by atoms with E-state index in [9.17, 15) is 0 Å². The first-order chi connectivity index (χ1) is 10.8. The van der Waals surface area contributed by atoms with Crippen LogP contribution in [0.4, 0.5) is 5.69 Å². The maximum atomic E-state index is 6.08. The second kappa shape index (κ2) is 5.33. The van der Waals surface area contributed by atoms with Crippen LogP contribution in [0.5, 0.6) is 5.75 Å². The molecule has 2 aromatic rings. The van der Waals surface area contributed by atoms with Gasteiger partial charge in [0.1, 0.15) is 5.75 Å². The summed E-state index contributed by atoms with van der Waals surface area (Å²) in [7, 11) is 1.72. The summed E-state index contributed by atoms with van der Waals surface area (Å²) in [6.45, 7) is 2.98. The first-order valence-corrected chi connectivity index (χ1v) is 7.89. The van der Waals surface area contributed by atoms with Gasteiger partial charge in [-0.15, -0.1) is 0 Å². The van der Waals surface area contributed by atoms with Gasteiger partial charge in [0.05, 0.1) is 19.3 Å². The molecule has 0 radical (unpaired) electrons. The van der Waals surface area contributed by atoms with E-state index in [-0.39, 0.29) is 12.1 Å². The fourth-order valence-electron chi connectivity index (χ4n) is 3.76. The Morgan fingerprint density at radius 2 is 2.09 bits per heavy atom. The van der Waals surface area contributed by atoms with Gasteiger partial charge in [0, 0.05) is 23.8 Å². The molecule has 0 aliphatic carbocycles. The van der Waals surface area contributed by atoms with Crippen LogP contribution in [0.1, 0.15) is 35.3 Å². The third-order valence-electron chi connectivity index (χ3n) is 4.84. The molecule has 0 unspecified atom stereocenters. The quantitative estimate of drug-likeness (QED) is 0.898. The van der Waals surface area contributed by atoms with E-state index in [1.165, 1.54) is 22.4 Å². The lowest BCUT2D eigenvalue weighted by Gasteiger charge is -2.36. The summed E-state index contributed by atoms with van der Waals surface area (Å²) >= 11 is 0. The Morgan fingerprint density at radius 3 is 2.95 bits per heavy atom. The molecule has 1 saturated heterocycles. The fraction of sp³-hybridized carbons (Fsp3) is 0.368. The maximum Gasteiger partial charge on any atom is 0.119 e. The predicted octanol–water partition coefficient (Wildman–Crippen LogP) is 4.25. The molecule has 22 heavy (non-hydrogen) atoms. The SMILES string of the molecule is COc1cccc([C@@H]2Nc3ccc(C)cc3[C@H]3OCC[C@H]32)c1. The number of hydrogen-bond donors (Lipinski definition) is 1. The van der Waals surface area contributed by atoms with Crippen LogP contribution in [0, 0.1) is 12.8 Å². The van der Waals surface area contributed by atoms with Gasteiger partial charge in [-0.3, -0.25) is 0 Å². The number of aryl methyl sites for hydroxylation is 1. The first kappa shape index (κ1) is 13.6. The summed E-state index contributed by atoms with van der Waals surface area (Å²) in [5, 5.41) is 3.73. The van der Waals surface area contributed by atoms with Crippen molar-refractivity contribution in [2.24, 2.45) is 5.92 Å². The Balaban J connectivity index is 1.76. The van der Waals surface area contributed by atoms with E-state index < -0.39 is 0 Å². The third-order valence-corrected chi connectivity index (χ3v) is 4.84. The van der Waals surface area contributed by atoms with Crippen molar-refractivity contribution in [3.63, 3.8) is 0 Å². The minimum Gasteiger partial charge on any atom is -0.497 e. The molecule has 0 aromatic heterocycles. The summed E-state index contributed by atoms with van der Waals surface area (Å²) in [6, 6.07) is 15.2. The molecule has 0 bridgehead atoms. The van der Waals surface area contributed by atoms with Crippen LogP contribution in [-0.4, -0.2) is 13.7 Å². The van der Waals surface area contributed by atoms with Crippen molar-refractivity contribution in [2.75, 3.05) is 19.0 Å². The highest BCUT2D eigenvalue weighted by Crippen LogP contribution is 2.50. The molecule has 0 spiro atoms. The summed E-state index contributed by atoms with van der Waals surface area (Å²) in [5.41, 5.74) is 5.06. The number of anilines is 1. The van der Waals surface area contributed by atoms with Crippen LogP contribution in [-0.2, 0) is 4.74 Å². The average Bonchev–Trinajstić information content (AvgIpc) is 3.04. The van der Waals surface area contributed by atoms with E-state index in [2.05, 4.69) is 48.6 Å². The molecule has 114 valence electrons. The minimum absolute atomic E-state index is 0.201. The number of benzene rings is 2. The van der Waals surface area contributed by atoms with Crippen molar-refractivity contribution in [2.45, 2.75) is 25.5 Å². The number of fused-ring (bicyclic) bond motifs is 3. The Bertz CT molecular complexity index is 698. The molecular weight excluding hydrogens is 274 g/mol. The Hall–Kier alpha value is -2.00. The number of nitrogens with one attached hydrogen (secondary N) is 1. The molecule has 2 aliphatic rings. The first-order valence-electron chi connectivity index (χ1n) is 7.89. The normalized spacial score (nSPS) is 26.0. The van der Waals surface area contributed by atoms with Gasteiger partial charge in [-0.1, -0.05) is 29.8 Å². The molecule has 1 fully saturated rings. The number of methoxy groups -OCH3 is 1. The summed E-state index contributed by atoms with van der Waals surface area (Å²) < 4.78 is 11.5. The van der Waals surface area contributed by atoms with Crippen molar-refractivity contribution in [3.05, 3.63) is 59.2 Å². The van der Waals surface area contributed by atoms with Gasteiger partial charge < -0.3 is 14.8 Å². The zero-order chi connectivity index (χ0) is 15.1. The summed E-state index contributed by atoms with van der Waals surface area (Å²) in [4.78, 5) is 0. The van der Waals surface area contributed by atoms with E-state index >= 15 is 0 Å². The van der Waals surface area contributed by atoms with Crippen LogP contribution >= 0.6 is 0 Å². The zero-order valence-electron chi connectivity index (χ0n) is 13.0. The monoisotopic (exact) mass is 295 g/mol. The van der Waals surface area contributed by atoms with Gasteiger partial charge >= 0.3 is 0 Å². The zero-order valence-corrected chi connectivity index (χ0v) is 13.0. The molecule has 3 atom stereocenters. The number of hydrogen-bond acceptors (Lipinski definition) is 3. The summed E-state index contributed by atoms with van der Waals surface area (Å²) in [5.74, 6) is 1.38. The van der Waals surface area contributed by atoms with Crippen molar-refractivity contribution in [3.8, 4) is 5.75 Å². The van der Waals surface area contributed by atoms with E-state index in [1.807, 2.05) is 6.07 Å². The average molecular weight is 295 g/mol. The lowest BCUT2D eigenvalue weighted by atomic mass is 9.80. The highest BCUT2D eigenvalue weighted by atomic mass is 16.5. The number of rotatable bonds is 2. The van der Waals surface area contributed by atoms with E-state index in [0.29, 0.717) is 5.92 Å². The molecule has 2 aromatic carbocycles. The van der Waals surface area contributed by atoms with E-state index in [0.717, 1.165) is 18.8 Å². The predicted molar refractivity (Wildman–Crippen MR) is 87.3 cm³/mol. The molecule has 4 rings (SSSR count). The highest BCUT2D eigenvalue weighted by molar-refractivity contribution is 5.58. The topological polar surface area (TPSA) is 30.5 Å². The second-order valence-corrected chi connectivity index (χ2v) is 6.23. The summed E-state index contributed by atoms with van der Waals surface area (Å²) in [6.07, 6.45) is 1.29. The standard InChI is InChI=1S/C19H21NO2/c1-12-6-7-17-16(10-12)19-15(8-9-22-19)18(20-17)13-4-3-5-14(11-13)21-2/h3-7,10-11,15,18-20H,8-9H2,1-2H3/t15-,18-,19-/m0/s1. The largest absolute Gasteiger partial charge is 0.497 e. The fourth-order valence-corrected chi connectivity index (χ4v) is 3.76. The lowest BCUT2D eigenvalue weighted by Crippen LogP contribution is -2.29. The second-order valence-electron chi connectivity index (χ2n) is 6.23. The lowest BCUT2D eigenvalue weighted by molar-refractivity contribution is 0.0828. The van der Waals surface area contributed by atoms with Gasteiger partial charge in [-0.05, 0) is 37.1 Å². The van der Waals surface area contributed by atoms with Gasteiger partial charge in [-0.2, -0.15) is 0 Å². The Morgan fingerprint density at radius 1 is 1.18 bits per heavy atom. The van der Waals surface area contributed by atoms with Gasteiger partial charge in [-0.25, -0.2) is 0 Å². The molecule has 0 saturated carbocycles. The van der Waals surface area contributed by atoms with Crippen LogP contribution < -0.4 is 10.1 Å². The van der Waals surface area contributed by atoms with Crippen molar-refractivity contribution in [1.29, 1.82) is 0 Å². The minimum atomic E-state index is 0.201. The third kappa shape index (κ3) is 2.17. The van der Waals surface area contributed by atoms with Crippen molar-refractivity contribution >= 4 is 5.69 Å². The van der Waals surface area contributed by atoms with Gasteiger partial charge in [0.2, 0.25) is 0 Å².